The summed E-state index contributed by atoms with van der Waals surface area (Å²) in [7, 11) is 0. The standard InChI is InChI=1S/C21H28F2N2O2/c1-15(2)9-11-25(12-10-16(3)4)20(26)18(14-24)13-17-5-7-19(8-6-17)27-21(22)23/h5-8,13,15-16,21H,9-12H2,1-4H3/b18-13-. The van der Waals surface area contributed by atoms with Crippen LogP contribution >= 0.6 is 0 Å². The minimum atomic E-state index is -2.89. The van der Waals surface area contributed by atoms with E-state index in [1.807, 2.05) is 6.07 Å². The van der Waals surface area contributed by atoms with Gasteiger partial charge in [0.15, 0.2) is 0 Å². The Morgan fingerprint density at radius 3 is 2.04 bits per heavy atom. The molecule has 0 aliphatic carbocycles. The van der Waals surface area contributed by atoms with Gasteiger partial charge >= 0.3 is 6.61 Å². The molecule has 1 rings (SSSR count). The maximum Gasteiger partial charge on any atom is 0.387 e. The van der Waals surface area contributed by atoms with Gasteiger partial charge in [-0.1, -0.05) is 39.8 Å². The lowest BCUT2D eigenvalue weighted by molar-refractivity contribution is -0.127. The van der Waals surface area contributed by atoms with Crippen molar-refractivity contribution in [3.63, 3.8) is 0 Å². The molecule has 0 saturated carbocycles. The van der Waals surface area contributed by atoms with E-state index >= 15 is 0 Å². The number of ether oxygens (including phenoxy) is 1. The number of alkyl halides is 2. The summed E-state index contributed by atoms with van der Waals surface area (Å²) in [6, 6.07) is 7.81. The van der Waals surface area contributed by atoms with Gasteiger partial charge in [-0.3, -0.25) is 4.79 Å². The lowest BCUT2D eigenvalue weighted by Gasteiger charge is -2.24. The highest BCUT2D eigenvalue weighted by atomic mass is 19.3. The molecule has 0 fully saturated rings. The lowest BCUT2D eigenvalue weighted by atomic mass is 10.1. The van der Waals surface area contributed by atoms with Crippen LogP contribution in [-0.4, -0.2) is 30.5 Å². The minimum Gasteiger partial charge on any atom is -0.435 e. The van der Waals surface area contributed by atoms with Gasteiger partial charge in [-0.15, -0.1) is 0 Å². The van der Waals surface area contributed by atoms with Crippen LogP contribution < -0.4 is 4.74 Å². The van der Waals surface area contributed by atoms with Crippen molar-refractivity contribution >= 4 is 12.0 Å². The summed E-state index contributed by atoms with van der Waals surface area (Å²) in [4.78, 5) is 14.6. The Kier molecular flexibility index (Phi) is 9.49. The van der Waals surface area contributed by atoms with E-state index in [1.54, 1.807) is 4.90 Å². The Bertz CT molecular complexity index is 650. The molecule has 148 valence electrons. The highest BCUT2D eigenvalue weighted by Gasteiger charge is 2.19. The summed E-state index contributed by atoms with van der Waals surface area (Å²) in [6.07, 6.45) is 3.21. The molecule has 0 aliphatic rings. The van der Waals surface area contributed by atoms with Crippen LogP contribution in [-0.2, 0) is 4.79 Å². The third kappa shape index (κ3) is 8.67. The summed E-state index contributed by atoms with van der Waals surface area (Å²) in [6.45, 7) is 6.68. The molecule has 0 atom stereocenters. The first-order valence-corrected chi connectivity index (χ1v) is 9.18. The molecule has 1 aromatic rings. The average Bonchev–Trinajstić information content (AvgIpc) is 2.59. The molecule has 0 aliphatic heterocycles. The highest BCUT2D eigenvalue weighted by molar-refractivity contribution is 6.01. The van der Waals surface area contributed by atoms with Gasteiger partial charge in [0.2, 0.25) is 0 Å². The fraction of sp³-hybridized carbons (Fsp3) is 0.524. The van der Waals surface area contributed by atoms with Crippen LogP contribution in [0, 0.1) is 23.2 Å². The molecule has 0 saturated heterocycles. The molecule has 6 heteroatoms. The van der Waals surface area contributed by atoms with Crippen molar-refractivity contribution in [2.75, 3.05) is 13.1 Å². The normalized spacial score (nSPS) is 11.8. The number of hydrogen-bond acceptors (Lipinski definition) is 3. The second-order valence-electron chi connectivity index (χ2n) is 7.27. The van der Waals surface area contributed by atoms with Gasteiger partial charge in [-0.2, -0.15) is 14.0 Å². The molecule has 27 heavy (non-hydrogen) atoms. The van der Waals surface area contributed by atoms with Crippen LogP contribution in [0.2, 0.25) is 0 Å². The number of amides is 1. The summed E-state index contributed by atoms with van der Waals surface area (Å²) >= 11 is 0. The summed E-state index contributed by atoms with van der Waals surface area (Å²) in [5.74, 6) is 0.640. The second kappa shape index (κ2) is 11.3. The van der Waals surface area contributed by atoms with Crippen molar-refractivity contribution in [3.8, 4) is 11.8 Å². The van der Waals surface area contributed by atoms with Crippen molar-refractivity contribution < 1.29 is 18.3 Å². The first-order valence-electron chi connectivity index (χ1n) is 9.18. The topological polar surface area (TPSA) is 53.3 Å². The van der Waals surface area contributed by atoms with Crippen molar-refractivity contribution in [1.82, 2.24) is 4.90 Å². The van der Waals surface area contributed by atoms with Crippen LogP contribution in [0.15, 0.2) is 29.8 Å². The van der Waals surface area contributed by atoms with Gasteiger partial charge in [-0.05, 0) is 48.4 Å². The summed E-state index contributed by atoms with van der Waals surface area (Å²) < 4.78 is 28.7. The number of carbonyl (C=O) groups excluding carboxylic acids is 1. The van der Waals surface area contributed by atoms with E-state index in [9.17, 15) is 18.8 Å². The van der Waals surface area contributed by atoms with Gasteiger partial charge < -0.3 is 9.64 Å². The molecular weight excluding hydrogens is 350 g/mol. The first-order chi connectivity index (χ1) is 12.7. The SMILES string of the molecule is CC(C)CCN(CCC(C)C)C(=O)/C(C#N)=C\c1ccc(OC(F)F)cc1. The third-order valence-corrected chi connectivity index (χ3v) is 4.01. The monoisotopic (exact) mass is 378 g/mol. The van der Waals surface area contributed by atoms with Crippen molar-refractivity contribution in [1.29, 1.82) is 5.26 Å². The molecule has 4 nitrogen and oxygen atoms in total. The van der Waals surface area contributed by atoms with Gasteiger partial charge in [0.1, 0.15) is 17.4 Å². The van der Waals surface area contributed by atoms with Gasteiger partial charge in [0.25, 0.3) is 5.91 Å². The third-order valence-electron chi connectivity index (χ3n) is 4.01. The zero-order chi connectivity index (χ0) is 20.4. The van der Waals surface area contributed by atoms with Crippen molar-refractivity contribution in [2.24, 2.45) is 11.8 Å². The average molecular weight is 378 g/mol. The first kappa shape index (κ1) is 22.6. The molecule has 0 unspecified atom stereocenters. The summed E-state index contributed by atoms with van der Waals surface area (Å²) in [5, 5.41) is 9.45. The largest absolute Gasteiger partial charge is 0.435 e. The smallest absolute Gasteiger partial charge is 0.387 e. The molecular formula is C21H28F2N2O2. The van der Waals surface area contributed by atoms with Gasteiger partial charge in [0.05, 0.1) is 0 Å². The van der Waals surface area contributed by atoms with E-state index in [4.69, 9.17) is 0 Å². The Morgan fingerprint density at radius 1 is 1.11 bits per heavy atom. The molecule has 1 amide bonds. The number of benzene rings is 1. The molecule has 0 aromatic heterocycles. The van der Waals surface area contributed by atoms with E-state index in [0.717, 1.165) is 12.8 Å². The molecule has 0 heterocycles. The Morgan fingerprint density at radius 2 is 1.63 bits per heavy atom. The quantitative estimate of drug-likeness (QED) is 0.420. The van der Waals surface area contributed by atoms with Crippen LogP contribution in [0.3, 0.4) is 0 Å². The number of carbonyl (C=O) groups is 1. The lowest BCUT2D eigenvalue weighted by Crippen LogP contribution is -2.34. The van der Waals surface area contributed by atoms with Crippen LogP contribution in [0.1, 0.15) is 46.1 Å². The van der Waals surface area contributed by atoms with Crippen LogP contribution in [0.4, 0.5) is 8.78 Å². The molecule has 0 radical (unpaired) electrons. The van der Waals surface area contributed by atoms with Crippen molar-refractivity contribution in [2.45, 2.75) is 47.1 Å². The number of nitriles is 1. The number of halogens is 2. The van der Waals surface area contributed by atoms with E-state index < -0.39 is 6.61 Å². The maximum atomic E-state index is 12.8. The predicted octanol–water partition coefficient (Wildman–Crippen LogP) is 5.12. The molecule has 0 bridgehead atoms. The molecule has 0 N–H and O–H groups in total. The van der Waals surface area contributed by atoms with Gasteiger partial charge in [0, 0.05) is 13.1 Å². The maximum absolute atomic E-state index is 12.8. The fourth-order valence-corrected chi connectivity index (χ4v) is 2.37. The van der Waals surface area contributed by atoms with E-state index in [2.05, 4.69) is 32.4 Å². The number of nitrogens with zero attached hydrogens (tertiary/aromatic N) is 2. The van der Waals surface area contributed by atoms with E-state index in [-0.39, 0.29) is 17.2 Å². The number of rotatable bonds is 10. The second-order valence-corrected chi connectivity index (χ2v) is 7.27. The van der Waals surface area contributed by atoms with Crippen LogP contribution in [0.25, 0.3) is 6.08 Å². The highest BCUT2D eigenvalue weighted by Crippen LogP contribution is 2.18. The van der Waals surface area contributed by atoms with E-state index in [0.29, 0.717) is 30.5 Å². The zero-order valence-corrected chi connectivity index (χ0v) is 16.4. The molecule has 1 aromatic carbocycles. The number of hydrogen-bond donors (Lipinski definition) is 0. The molecule has 0 spiro atoms. The Labute approximate surface area is 160 Å². The van der Waals surface area contributed by atoms with Crippen LogP contribution in [0.5, 0.6) is 5.75 Å². The Balaban J connectivity index is 2.95. The fourth-order valence-electron chi connectivity index (χ4n) is 2.37. The minimum absolute atomic E-state index is 0.0301. The van der Waals surface area contributed by atoms with Crippen molar-refractivity contribution in [3.05, 3.63) is 35.4 Å². The van der Waals surface area contributed by atoms with E-state index in [1.165, 1.54) is 30.3 Å². The Hall–Kier alpha value is -2.42. The predicted molar refractivity (Wildman–Crippen MR) is 102 cm³/mol. The zero-order valence-electron chi connectivity index (χ0n) is 16.4. The van der Waals surface area contributed by atoms with Gasteiger partial charge in [-0.25, -0.2) is 0 Å². The summed E-state index contributed by atoms with van der Waals surface area (Å²) in [5.41, 5.74) is 0.610.